The summed E-state index contributed by atoms with van der Waals surface area (Å²) < 4.78 is 37.2. The van der Waals surface area contributed by atoms with Gasteiger partial charge in [-0.15, -0.1) is 0 Å². The van der Waals surface area contributed by atoms with Crippen molar-refractivity contribution in [3.05, 3.63) is 26.7 Å². The van der Waals surface area contributed by atoms with E-state index in [9.17, 15) is 13.2 Å². The second-order valence-electron chi connectivity index (χ2n) is 2.45. The van der Waals surface area contributed by atoms with Crippen LogP contribution in [0.2, 0.25) is 15.1 Å². The molecule has 1 aromatic carbocycles. The summed E-state index contributed by atoms with van der Waals surface area (Å²) in [6.45, 7) is 0. The maximum Gasteiger partial charge on any atom is 0.419 e. The number of hydrogen-bond acceptors (Lipinski definition) is 1. The van der Waals surface area contributed by atoms with Gasteiger partial charge in [-0.05, 0) is 6.07 Å². The molecule has 78 valence electrons. The molecule has 0 bridgehead atoms. The molecule has 0 saturated heterocycles. The molecule has 0 spiro atoms. The Morgan fingerprint density at radius 1 is 1.07 bits per heavy atom. The van der Waals surface area contributed by atoms with Gasteiger partial charge in [0.1, 0.15) is 0 Å². The number of nitrogens with two attached hydrogens (primary N) is 1. The molecule has 7 heteroatoms. The van der Waals surface area contributed by atoms with E-state index in [1.807, 2.05) is 0 Å². The maximum absolute atomic E-state index is 12.4. The van der Waals surface area contributed by atoms with Crippen molar-refractivity contribution >= 4 is 40.5 Å². The first-order valence-corrected chi connectivity index (χ1v) is 4.38. The molecular weight excluding hydrogens is 261 g/mol. The van der Waals surface area contributed by atoms with Crippen LogP contribution < -0.4 is 5.73 Å². The molecule has 0 amide bonds. The van der Waals surface area contributed by atoms with Gasteiger partial charge in [-0.2, -0.15) is 13.2 Å². The molecule has 0 aliphatic carbocycles. The second kappa shape index (κ2) is 3.68. The predicted molar refractivity (Wildman–Crippen MR) is 50.9 cm³/mol. The van der Waals surface area contributed by atoms with Crippen molar-refractivity contribution in [1.82, 2.24) is 0 Å². The highest BCUT2D eigenvalue weighted by Crippen LogP contribution is 2.44. The summed E-state index contributed by atoms with van der Waals surface area (Å²) in [5.74, 6) is 0. The van der Waals surface area contributed by atoms with Crippen LogP contribution >= 0.6 is 34.8 Å². The smallest absolute Gasteiger partial charge is 0.397 e. The lowest BCUT2D eigenvalue weighted by atomic mass is 10.2. The van der Waals surface area contributed by atoms with Crippen LogP contribution in [0, 0.1) is 0 Å². The van der Waals surface area contributed by atoms with Crippen LogP contribution in [0.15, 0.2) is 6.07 Å². The van der Waals surface area contributed by atoms with Gasteiger partial charge in [0.15, 0.2) is 0 Å². The standard InChI is InChI=1S/C7H3Cl3F3N/c8-2-1-3(14)6(10)4(5(2)9)7(11,12)13/h1H,14H2. The minimum absolute atomic E-state index is 0.256. The zero-order valence-electron chi connectivity index (χ0n) is 6.42. The quantitative estimate of drug-likeness (QED) is 0.550. The van der Waals surface area contributed by atoms with E-state index >= 15 is 0 Å². The van der Waals surface area contributed by atoms with Crippen LogP contribution in [0.3, 0.4) is 0 Å². The lowest BCUT2D eigenvalue weighted by molar-refractivity contribution is -0.137. The number of anilines is 1. The number of hydrogen-bond donors (Lipinski definition) is 1. The Labute approximate surface area is 92.5 Å². The van der Waals surface area contributed by atoms with Gasteiger partial charge >= 0.3 is 6.18 Å². The van der Waals surface area contributed by atoms with Crippen molar-refractivity contribution < 1.29 is 13.2 Å². The van der Waals surface area contributed by atoms with Crippen molar-refractivity contribution in [1.29, 1.82) is 0 Å². The van der Waals surface area contributed by atoms with Crippen molar-refractivity contribution in [2.24, 2.45) is 0 Å². The van der Waals surface area contributed by atoms with Crippen molar-refractivity contribution in [3.63, 3.8) is 0 Å². The molecule has 0 unspecified atom stereocenters. The first kappa shape index (κ1) is 11.8. The predicted octanol–water partition coefficient (Wildman–Crippen LogP) is 4.25. The Morgan fingerprint density at radius 2 is 1.57 bits per heavy atom. The molecule has 0 aliphatic heterocycles. The average Bonchev–Trinajstić information content (AvgIpc) is 1.98. The monoisotopic (exact) mass is 263 g/mol. The SMILES string of the molecule is Nc1cc(Cl)c(Cl)c(C(F)(F)F)c1Cl. The fraction of sp³-hybridized carbons (Fsp3) is 0.143. The molecule has 0 heterocycles. The van der Waals surface area contributed by atoms with E-state index in [4.69, 9.17) is 40.5 Å². The summed E-state index contributed by atoms with van der Waals surface area (Å²) in [5, 5.41) is -1.55. The highest BCUT2D eigenvalue weighted by atomic mass is 35.5. The lowest BCUT2D eigenvalue weighted by Gasteiger charge is -2.13. The Morgan fingerprint density at radius 3 is 2.00 bits per heavy atom. The van der Waals surface area contributed by atoms with Gasteiger partial charge in [0, 0.05) is 0 Å². The topological polar surface area (TPSA) is 26.0 Å². The lowest BCUT2D eigenvalue weighted by Crippen LogP contribution is -2.08. The third kappa shape index (κ3) is 2.02. The number of halogens is 6. The highest BCUT2D eigenvalue weighted by molar-refractivity contribution is 6.45. The molecule has 0 fully saturated rings. The van der Waals surface area contributed by atoms with Gasteiger partial charge < -0.3 is 5.73 Å². The van der Waals surface area contributed by atoms with Gasteiger partial charge in [0.2, 0.25) is 0 Å². The Bertz CT molecular complexity index is 349. The number of rotatable bonds is 0. The van der Waals surface area contributed by atoms with E-state index in [1.54, 1.807) is 0 Å². The number of alkyl halides is 3. The summed E-state index contributed by atoms with van der Waals surface area (Å²) in [6, 6.07) is 1.07. The summed E-state index contributed by atoms with van der Waals surface area (Å²) >= 11 is 16.2. The van der Waals surface area contributed by atoms with E-state index < -0.39 is 21.8 Å². The van der Waals surface area contributed by atoms with E-state index in [1.165, 1.54) is 0 Å². The average molecular weight is 264 g/mol. The Hall–Kier alpha value is -0.320. The number of benzene rings is 1. The molecule has 1 aromatic rings. The normalized spacial score (nSPS) is 11.9. The van der Waals surface area contributed by atoms with E-state index in [0.717, 1.165) is 6.07 Å². The molecular formula is C7H3Cl3F3N. The highest BCUT2D eigenvalue weighted by Gasteiger charge is 2.37. The molecule has 1 rings (SSSR count). The summed E-state index contributed by atoms with van der Waals surface area (Å²) in [7, 11) is 0. The third-order valence-electron chi connectivity index (χ3n) is 1.47. The van der Waals surface area contributed by atoms with E-state index in [-0.39, 0.29) is 10.7 Å². The van der Waals surface area contributed by atoms with Crippen LogP contribution in [0.5, 0.6) is 0 Å². The number of nitrogen functional groups attached to an aromatic ring is 1. The van der Waals surface area contributed by atoms with Gasteiger partial charge in [0.25, 0.3) is 0 Å². The van der Waals surface area contributed by atoms with Gasteiger partial charge in [0.05, 0.1) is 26.3 Å². The zero-order valence-corrected chi connectivity index (χ0v) is 8.69. The van der Waals surface area contributed by atoms with Gasteiger partial charge in [-0.3, -0.25) is 0 Å². The first-order valence-electron chi connectivity index (χ1n) is 3.25. The van der Waals surface area contributed by atoms with Gasteiger partial charge in [-0.25, -0.2) is 0 Å². The molecule has 0 aromatic heterocycles. The summed E-state index contributed by atoms with van der Waals surface area (Å²) in [5.41, 5.74) is 3.75. The van der Waals surface area contributed by atoms with E-state index in [2.05, 4.69) is 0 Å². The van der Waals surface area contributed by atoms with Crippen LogP contribution in [-0.2, 0) is 6.18 Å². The van der Waals surface area contributed by atoms with Gasteiger partial charge in [-0.1, -0.05) is 34.8 Å². The molecule has 0 aliphatic rings. The fourth-order valence-electron chi connectivity index (χ4n) is 0.872. The molecule has 1 nitrogen and oxygen atoms in total. The minimum Gasteiger partial charge on any atom is -0.397 e. The summed E-state index contributed by atoms with van der Waals surface area (Å²) in [6.07, 6.45) is -4.67. The van der Waals surface area contributed by atoms with Crippen molar-refractivity contribution in [2.45, 2.75) is 6.18 Å². The Balaban J connectivity index is 3.56. The first-order chi connectivity index (χ1) is 6.25. The van der Waals surface area contributed by atoms with Crippen LogP contribution in [0.25, 0.3) is 0 Å². The molecule has 0 saturated carbocycles. The molecule has 0 atom stereocenters. The summed E-state index contributed by atoms with van der Waals surface area (Å²) in [4.78, 5) is 0. The van der Waals surface area contributed by atoms with Crippen LogP contribution in [-0.4, -0.2) is 0 Å². The fourth-order valence-corrected chi connectivity index (χ4v) is 1.65. The molecule has 0 radical (unpaired) electrons. The minimum atomic E-state index is -4.67. The van der Waals surface area contributed by atoms with Crippen molar-refractivity contribution in [3.8, 4) is 0 Å². The van der Waals surface area contributed by atoms with Crippen molar-refractivity contribution in [2.75, 3.05) is 5.73 Å². The van der Waals surface area contributed by atoms with E-state index in [0.29, 0.717) is 0 Å². The molecule has 14 heavy (non-hydrogen) atoms. The Kier molecular flexibility index (Phi) is 3.09. The van der Waals surface area contributed by atoms with Crippen LogP contribution in [0.1, 0.15) is 5.56 Å². The zero-order chi connectivity index (χ0) is 11.1. The largest absolute Gasteiger partial charge is 0.419 e. The molecule has 2 N–H and O–H groups in total. The second-order valence-corrected chi connectivity index (χ2v) is 3.61. The third-order valence-corrected chi connectivity index (χ3v) is 2.66. The van der Waals surface area contributed by atoms with Crippen LogP contribution in [0.4, 0.5) is 18.9 Å². The maximum atomic E-state index is 12.4.